The summed E-state index contributed by atoms with van der Waals surface area (Å²) in [6.07, 6.45) is 0.705. The zero-order chi connectivity index (χ0) is 14.8. The van der Waals surface area contributed by atoms with Crippen LogP contribution in [0.4, 0.5) is 4.39 Å². The molecule has 0 nitrogen and oxygen atoms in total. The Bertz CT molecular complexity index is 785. The van der Waals surface area contributed by atoms with Gasteiger partial charge in [-0.05, 0) is 40.5 Å². The lowest BCUT2D eigenvalue weighted by Crippen LogP contribution is -1.97. The van der Waals surface area contributed by atoms with Crippen molar-refractivity contribution in [3.05, 3.63) is 82.1 Å². The smallest absolute Gasteiger partial charge is 0.124 e. The molecule has 3 heteroatoms. The van der Waals surface area contributed by atoms with Gasteiger partial charge in [0, 0.05) is 4.47 Å². The quantitative estimate of drug-likeness (QED) is 0.481. The zero-order valence-corrected chi connectivity index (χ0v) is 13.5. The number of hydrogen-bond donors (Lipinski definition) is 0. The molecule has 0 saturated heterocycles. The Morgan fingerprint density at radius 1 is 0.952 bits per heavy atom. The Kier molecular flexibility index (Phi) is 4.27. The van der Waals surface area contributed by atoms with Crippen molar-refractivity contribution in [3.63, 3.8) is 0 Å². The summed E-state index contributed by atoms with van der Waals surface area (Å²) in [5.41, 5.74) is 2.08. The fraction of sp³-hybridized carbons (Fsp3) is 0.111. The molecule has 0 heterocycles. The topological polar surface area (TPSA) is 0 Å². The van der Waals surface area contributed by atoms with E-state index in [1.165, 1.54) is 28.5 Å². The average Bonchev–Trinajstić information content (AvgIpc) is 2.47. The van der Waals surface area contributed by atoms with Crippen molar-refractivity contribution < 1.29 is 4.39 Å². The summed E-state index contributed by atoms with van der Waals surface area (Å²) >= 11 is 9.87. The summed E-state index contributed by atoms with van der Waals surface area (Å²) in [4.78, 5) is 0. The molecule has 21 heavy (non-hydrogen) atoms. The molecule has 106 valence electrons. The maximum Gasteiger partial charge on any atom is 0.124 e. The molecule has 0 fully saturated rings. The molecule has 1 unspecified atom stereocenters. The van der Waals surface area contributed by atoms with Crippen LogP contribution in [-0.2, 0) is 6.42 Å². The number of benzene rings is 3. The molecule has 3 rings (SSSR count). The highest BCUT2D eigenvalue weighted by molar-refractivity contribution is 9.10. The lowest BCUT2D eigenvalue weighted by Gasteiger charge is -2.12. The molecular weight excluding hydrogens is 351 g/mol. The van der Waals surface area contributed by atoms with Crippen molar-refractivity contribution in [2.45, 2.75) is 11.8 Å². The molecule has 1 atom stereocenters. The molecule has 0 N–H and O–H groups in total. The summed E-state index contributed by atoms with van der Waals surface area (Å²) in [5, 5.41) is 2.23. The molecule has 0 aliphatic heterocycles. The highest BCUT2D eigenvalue weighted by Crippen LogP contribution is 2.32. The highest BCUT2D eigenvalue weighted by atomic mass is 79.9. The van der Waals surface area contributed by atoms with Crippen molar-refractivity contribution in [1.82, 2.24) is 0 Å². The van der Waals surface area contributed by atoms with E-state index in [1.807, 2.05) is 12.1 Å². The minimum absolute atomic E-state index is 0.193. The maximum atomic E-state index is 13.1. The van der Waals surface area contributed by atoms with Gasteiger partial charge in [-0.2, -0.15) is 0 Å². The Morgan fingerprint density at radius 3 is 2.48 bits per heavy atom. The van der Waals surface area contributed by atoms with Crippen molar-refractivity contribution in [1.29, 1.82) is 0 Å². The number of alkyl halides is 1. The third-order valence-electron chi connectivity index (χ3n) is 3.53. The molecule has 0 spiro atoms. The first-order valence-electron chi connectivity index (χ1n) is 6.70. The van der Waals surface area contributed by atoms with Crippen LogP contribution in [-0.4, -0.2) is 0 Å². The van der Waals surface area contributed by atoms with Gasteiger partial charge in [0.25, 0.3) is 0 Å². The van der Waals surface area contributed by atoms with Crippen LogP contribution in [0.3, 0.4) is 0 Å². The molecule has 0 bridgehead atoms. The highest BCUT2D eigenvalue weighted by Gasteiger charge is 2.13. The first kappa shape index (κ1) is 14.6. The number of halogens is 3. The minimum atomic E-state index is -0.264. The SMILES string of the molecule is Fc1ccc(C(Cl)Cc2ccc3ccccc3c2)c(Br)c1. The van der Waals surface area contributed by atoms with Crippen LogP contribution < -0.4 is 0 Å². The van der Waals surface area contributed by atoms with E-state index in [1.54, 1.807) is 6.07 Å². The molecule has 0 radical (unpaired) electrons. The minimum Gasteiger partial charge on any atom is -0.207 e. The van der Waals surface area contributed by atoms with Crippen LogP contribution in [0, 0.1) is 5.82 Å². The van der Waals surface area contributed by atoms with Gasteiger partial charge in [-0.15, -0.1) is 11.6 Å². The van der Waals surface area contributed by atoms with E-state index < -0.39 is 0 Å². The Labute approximate surface area is 136 Å². The second-order valence-corrected chi connectivity index (χ2v) is 6.40. The monoisotopic (exact) mass is 362 g/mol. The first-order chi connectivity index (χ1) is 10.1. The van der Waals surface area contributed by atoms with Crippen LogP contribution in [0.15, 0.2) is 65.1 Å². The van der Waals surface area contributed by atoms with Gasteiger partial charge >= 0.3 is 0 Å². The average molecular weight is 364 g/mol. The molecule has 0 saturated carbocycles. The predicted molar refractivity (Wildman–Crippen MR) is 90.3 cm³/mol. The number of rotatable bonds is 3. The maximum absolute atomic E-state index is 13.1. The largest absolute Gasteiger partial charge is 0.207 e. The van der Waals surface area contributed by atoms with Gasteiger partial charge in [0.15, 0.2) is 0 Å². The Hall–Kier alpha value is -1.38. The lowest BCUT2D eigenvalue weighted by molar-refractivity contribution is 0.625. The molecule has 0 amide bonds. The number of hydrogen-bond acceptors (Lipinski definition) is 0. The van der Waals surface area contributed by atoms with E-state index in [2.05, 4.69) is 46.3 Å². The van der Waals surface area contributed by atoms with Gasteiger partial charge in [-0.1, -0.05) is 64.5 Å². The standard InChI is InChI=1S/C18H13BrClF/c19-17-11-15(21)7-8-16(17)18(20)10-12-5-6-13-3-1-2-4-14(13)9-12/h1-9,11,18H,10H2. The van der Waals surface area contributed by atoms with Crippen molar-refractivity contribution in [2.24, 2.45) is 0 Å². The van der Waals surface area contributed by atoms with E-state index in [-0.39, 0.29) is 11.2 Å². The second-order valence-electron chi connectivity index (χ2n) is 5.02. The summed E-state index contributed by atoms with van der Waals surface area (Å²) in [6.45, 7) is 0. The summed E-state index contributed by atoms with van der Waals surface area (Å²) in [7, 11) is 0. The molecule has 0 aliphatic carbocycles. The predicted octanol–water partition coefficient (Wildman–Crippen LogP) is 6.26. The van der Waals surface area contributed by atoms with Crippen molar-refractivity contribution >= 4 is 38.3 Å². The van der Waals surface area contributed by atoms with Crippen LogP contribution in [0.1, 0.15) is 16.5 Å². The fourth-order valence-corrected chi connectivity index (χ4v) is 3.57. The van der Waals surface area contributed by atoms with E-state index in [4.69, 9.17) is 11.6 Å². The van der Waals surface area contributed by atoms with E-state index in [9.17, 15) is 4.39 Å². The Balaban J connectivity index is 1.87. The van der Waals surface area contributed by atoms with Crippen molar-refractivity contribution in [2.75, 3.05) is 0 Å². The van der Waals surface area contributed by atoms with Gasteiger partial charge < -0.3 is 0 Å². The third kappa shape index (κ3) is 3.28. The summed E-state index contributed by atoms with van der Waals surface area (Å²) < 4.78 is 13.9. The molecule has 3 aromatic rings. The van der Waals surface area contributed by atoms with Gasteiger partial charge in [0.1, 0.15) is 5.82 Å². The van der Waals surface area contributed by atoms with Gasteiger partial charge in [0.2, 0.25) is 0 Å². The summed E-state index contributed by atoms with van der Waals surface area (Å²) in [6, 6.07) is 19.2. The molecule has 0 aliphatic rings. The van der Waals surface area contributed by atoms with Gasteiger partial charge in [-0.3, -0.25) is 0 Å². The van der Waals surface area contributed by atoms with Crippen LogP contribution in [0.5, 0.6) is 0 Å². The van der Waals surface area contributed by atoms with Crippen LogP contribution in [0.25, 0.3) is 10.8 Å². The van der Waals surface area contributed by atoms with Crippen LogP contribution >= 0.6 is 27.5 Å². The molecule has 0 aromatic heterocycles. The van der Waals surface area contributed by atoms with E-state index in [0.29, 0.717) is 10.9 Å². The van der Waals surface area contributed by atoms with Crippen molar-refractivity contribution in [3.8, 4) is 0 Å². The zero-order valence-electron chi connectivity index (χ0n) is 11.2. The number of fused-ring (bicyclic) bond motifs is 1. The molecule has 3 aromatic carbocycles. The second kappa shape index (κ2) is 6.17. The first-order valence-corrected chi connectivity index (χ1v) is 7.93. The van der Waals surface area contributed by atoms with Crippen LogP contribution in [0.2, 0.25) is 0 Å². The summed E-state index contributed by atoms with van der Waals surface area (Å²) in [5.74, 6) is -0.264. The van der Waals surface area contributed by atoms with Gasteiger partial charge in [-0.25, -0.2) is 4.39 Å². The normalized spacial score (nSPS) is 12.5. The van der Waals surface area contributed by atoms with E-state index in [0.717, 1.165) is 5.56 Å². The van der Waals surface area contributed by atoms with Gasteiger partial charge in [0.05, 0.1) is 5.38 Å². The third-order valence-corrected chi connectivity index (χ3v) is 4.60. The van der Waals surface area contributed by atoms with E-state index >= 15 is 0 Å². The Morgan fingerprint density at radius 2 is 1.71 bits per heavy atom. The fourth-order valence-electron chi connectivity index (χ4n) is 2.44. The lowest BCUT2D eigenvalue weighted by atomic mass is 10.0. The molecular formula is C18H13BrClF.